The molecule has 1 rings (SSSR count). The maximum Gasteiger partial charge on any atom is 0.344 e. The second-order valence-corrected chi connectivity index (χ2v) is 4.04. The summed E-state index contributed by atoms with van der Waals surface area (Å²) in [5.41, 5.74) is 0. The van der Waals surface area contributed by atoms with Gasteiger partial charge in [-0.25, -0.2) is 9.00 Å². The van der Waals surface area contributed by atoms with Crippen molar-refractivity contribution < 1.29 is 23.4 Å². The number of carbonyl (C=O) groups is 1. The van der Waals surface area contributed by atoms with Gasteiger partial charge < -0.3 is 14.4 Å². The van der Waals surface area contributed by atoms with Crippen LogP contribution >= 0.6 is 0 Å². The Morgan fingerprint density at radius 1 is 1.44 bits per heavy atom. The Balaban J connectivity index is 2.75. The van der Waals surface area contributed by atoms with Crippen LogP contribution in [-0.4, -0.2) is 25.9 Å². The lowest BCUT2D eigenvalue weighted by Gasteiger charge is -2.12. The van der Waals surface area contributed by atoms with Crippen molar-refractivity contribution in [2.75, 3.05) is 0 Å². The normalized spacial score (nSPS) is 14.1. The van der Waals surface area contributed by atoms with Crippen LogP contribution in [0.3, 0.4) is 0 Å². The lowest BCUT2D eigenvalue weighted by Crippen LogP contribution is -2.25. The average Bonchev–Trinajstić information content (AvgIpc) is 2.26. The first-order chi connectivity index (χ1) is 7.54. The molecule has 0 saturated heterocycles. The van der Waals surface area contributed by atoms with Crippen molar-refractivity contribution in [3.63, 3.8) is 0 Å². The van der Waals surface area contributed by atoms with Crippen molar-refractivity contribution >= 4 is 17.0 Å². The lowest BCUT2D eigenvalue weighted by molar-refractivity contribution is -0.145. The van der Waals surface area contributed by atoms with E-state index in [1.165, 1.54) is 24.3 Å². The summed E-state index contributed by atoms with van der Waals surface area (Å²) in [4.78, 5) is 10.9. The number of carboxylic acid groups (broad SMARTS) is 1. The number of ether oxygens (including phenoxy) is 1. The average molecular weight is 244 g/mol. The van der Waals surface area contributed by atoms with Gasteiger partial charge in [0.25, 0.3) is 0 Å². The zero-order valence-electron chi connectivity index (χ0n) is 8.62. The van der Waals surface area contributed by atoms with Gasteiger partial charge in [0.1, 0.15) is 5.75 Å². The van der Waals surface area contributed by atoms with Gasteiger partial charge in [0.15, 0.2) is 17.2 Å². The van der Waals surface area contributed by atoms with Crippen LogP contribution < -0.4 is 4.74 Å². The van der Waals surface area contributed by atoms with Gasteiger partial charge in [-0.15, -0.1) is 0 Å². The zero-order chi connectivity index (χ0) is 12.1. The number of hydrogen-bond acceptors (Lipinski definition) is 3. The minimum absolute atomic E-state index is 0.246. The predicted octanol–water partition coefficient (Wildman–Crippen LogP) is 1.51. The minimum atomic E-state index is -2.03. The van der Waals surface area contributed by atoms with E-state index in [0.29, 0.717) is 12.2 Å². The fraction of sp³-hybridized carbons (Fsp3) is 0.300. The van der Waals surface area contributed by atoms with Crippen molar-refractivity contribution in [1.29, 1.82) is 0 Å². The van der Waals surface area contributed by atoms with E-state index in [1.54, 1.807) is 6.92 Å². The van der Waals surface area contributed by atoms with Crippen LogP contribution in [0.15, 0.2) is 29.2 Å². The van der Waals surface area contributed by atoms with E-state index in [-0.39, 0.29) is 4.90 Å². The summed E-state index contributed by atoms with van der Waals surface area (Å²) in [5.74, 6) is -0.666. The molecule has 1 aromatic rings. The highest BCUT2D eigenvalue weighted by atomic mass is 32.2. The summed E-state index contributed by atoms with van der Waals surface area (Å²) in [6.45, 7) is 1.70. The maximum absolute atomic E-state index is 10.7. The number of hydrogen-bond donors (Lipinski definition) is 2. The summed E-state index contributed by atoms with van der Waals surface area (Å²) in [5, 5.41) is 8.76. The Labute approximate surface area is 95.3 Å². The summed E-state index contributed by atoms with van der Waals surface area (Å²) in [6.07, 6.45) is -0.547. The first-order valence-corrected chi connectivity index (χ1v) is 5.75. The third-order valence-corrected chi connectivity index (χ3v) is 2.63. The zero-order valence-corrected chi connectivity index (χ0v) is 9.44. The molecule has 0 aromatic heterocycles. The Morgan fingerprint density at radius 2 is 2.00 bits per heavy atom. The summed E-state index contributed by atoms with van der Waals surface area (Å²) >= 11 is -2.03. The van der Waals surface area contributed by atoms with E-state index in [9.17, 15) is 9.00 Å². The molecule has 1 aromatic carbocycles. The van der Waals surface area contributed by atoms with Gasteiger partial charge in [0.2, 0.25) is 0 Å². The van der Waals surface area contributed by atoms with Gasteiger partial charge >= 0.3 is 5.97 Å². The molecule has 0 bridgehead atoms. The summed E-state index contributed by atoms with van der Waals surface area (Å²) in [6, 6.07) is 5.77. The molecule has 0 aliphatic heterocycles. The first kappa shape index (κ1) is 12.7. The molecule has 0 spiro atoms. The fourth-order valence-electron chi connectivity index (χ4n) is 1.11. The molecule has 0 amide bonds. The van der Waals surface area contributed by atoms with E-state index >= 15 is 0 Å². The van der Waals surface area contributed by atoms with E-state index < -0.39 is 23.2 Å². The third-order valence-electron chi connectivity index (χ3n) is 1.95. The van der Waals surface area contributed by atoms with E-state index in [0.717, 1.165) is 0 Å². The number of benzene rings is 1. The fourth-order valence-corrected chi connectivity index (χ4v) is 1.48. The van der Waals surface area contributed by atoms with Crippen LogP contribution in [-0.2, 0) is 15.9 Å². The molecule has 2 atom stereocenters. The van der Waals surface area contributed by atoms with Gasteiger partial charge in [-0.1, -0.05) is 6.92 Å². The van der Waals surface area contributed by atoms with Crippen LogP contribution in [0.1, 0.15) is 13.3 Å². The van der Waals surface area contributed by atoms with Gasteiger partial charge in [0.05, 0.1) is 4.90 Å². The highest BCUT2D eigenvalue weighted by Gasteiger charge is 2.16. The van der Waals surface area contributed by atoms with Crippen molar-refractivity contribution in [3.05, 3.63) is 24.3 Å². The van der Waals surface area contributed by atoms with Gasteiger partial charge in [-0.3, -0.25) is 0 Å². The van der Waals surface area contributed by atoms with Crippen molar-refractivity contribution in [2.45, 2.75) is 24.3 Å². The Morgan fingerprint density at radius 3 is 2.38 bits per heavy atom. The molecule has 0 saturated carbocycles. The number of carboxylic acids is 1. The molecule has 0 aliphatic rings. The SMILES string of the molecule is CCC(Oc1ccc(S(=O)O)cc1)C(=O)O. The van der Waals surface area contributed by atoms with Crippen LogP contribution in [0.4, 0.5) is 0 Å². The summed E-state index contributed by atoms with van der Waals surface area (Å²) < 4.78 is 24.6. The third kappa shape index (κ3) is 3.32. The second-order valence-electron chi connectivity index (χ2n) is 3.07. The molecule has 0 fully saturated rings. The van der Waals surface area contributed by atoms with Gasteiger partial charge in [0, 0.05) is 0 Å². The van der Waals surface area contributed by atoms with Crippen molar-refractivity contribution in [1.82, 2.24) is 0 Å². The van der Waals surface area contributed by atoms with Crippen molar-refractivity contribution in [3.8, 4) is 5.75 Å². The van der Waals surface area contributed by atoms with E-state index in [1.807, 2.05) is 0 Å². The largest absolute Gasteiger partial charge is 0.479 e. The highest BCUT2D eigenvalue weighted by molar-refractivity contribution is 7.79. The van der Waals surface area contributed by atoms with E-state index in [2.05, 4.69) is 0 Å². The standard InChI is InChI=1S/C10H12O5S/c1-2-9(10(11)12)15-7-3-5-8(6-4-7)16(13)14/h3-6,9H,2H2,1H3,(H,11,12)(H,13,14). The van der Waals surface area contributed by atoms with Gasteiger partial charge in [-0.2, -0.15) is 0 Å². The van der Waals surface area contributed by atoms with Gasteiger partial charge in [-0.05, 0) is 30.7 Å². The molecule has 0 heterocycles. The Hall–Kier alpha value is -1.40. The van der Waals surface area contributed by atoms with Crippen LogP contribution in [0, 0.1) is 0 Å². The van der Waals surface area contributed by atoms with Crippen LogP contribution in [0.25, 0.3) is 0 Å². The molecular formula is C10H12O5S. The topological polar surface area (TPSA) is 83.8 Å². The minimum Gasteiger partial charge on any atom is -0.479 e. The highest BCUT2D eigenvalue weighted by Crippen LogP contribution is 2.16. The summed E-state index contributed by atoms with van der Waals surface area (Å²) in [7, 11) is 0. The van der Waals surface area contributed by atoms with Crippen LogP contribution in [0.2, 0.25) is 0 Å². The number of rotatable bonds is 5. The molecule has 2 unspecified atom stereocenters. The quantitative estimate of drug-likeness (QED) is 0.767. The Bertz CT molecular complexity index is 387. The monoisotopic (exact) mass is 244 g/mol. The second kappa shape index (κ2) is 5.62. The smallest absolute Gasteiger partial charge is 0.344 e. The number of aliphatic carboxylic acids is 1. The van der Waals surface area contributed by atoms with Crippen molar-refractivity contribution in [2.24, 2.45) is 0 Å². The molecule has 16 heavy (non-hydrogen) atoms. The molecule has 0 radical (unpaired) electrons. The first-order valence-electron chi connectivity index (χ1n) is 4.65. The van der Waals surface area contributed by atoms with Crippen LogP contribution in [0.5, 0.6) is 5.75 Å². The molecule has 2 N–H and O–H groups in total. The predicted molar refractivity (Wildman–Crippen MR) is 57.8 cm³/mol. The maximum atomic E-state index is 10.7. The Kier molecular flexibility index (Phi) is 4.45. The molecule has 88 valence electrons. The molecule has 5 nitrogen and oxygen atoms in total. The molecule has 6 heteroatoms. The lowest BCUT2D eigenvalue weighted by atomic mass is 10.3. The molecular weight excluding hydrogens is 232 g/mol. The molecule has 0 aliphatic carbocycles. The van der Waals surface area contributed by atoms with E-state index in [4.69, 9.17) is 14.4 Å².